The van der Waals surface area contributed by atoms with Crippen molar-refractivity contribution in [2.45, 2.75) is 26.3 Å². The number of hydrogen-bond acceptors (Lipinski definition) is 3. The van der Waals surface area contributed by atoms with Crippen LogP contribution in [0.4, 0.5) is 5.69 Å². The molecule has 1 aromatic rings. The molecule has 0 aliphatic carbocycles. The van der Waals surface area contributed by atoms with Crippen LogP contribution in [0.3, 0.4) is 0 Å². The molecule has 2 rings (SSSR count). The first-order valence-electron chi connectivity index (χ1n) is 6.13. The number of anilines is 1. The molecule has 1 saturated heterocycles. The number of benzene rings is 1. The molecular formula is C14H19N3. The summed E-state index contributed by atoms with van der Waals surface area (Å²) in [6.45, 7) is 6.09. The van der Waals surface area contributed by atoms with Crippen molar-refractivity contribution in [3.8, 4) is 6.07 Å². The van der Waals surface area contributed by atoms with E-state index in [1.807, 2.05) is 12.1 Å². The van der Waals surface area contributed by atoms with E-state index >= 15 is 0 Å². The molecule has 2 N–H and O–H groups in total. The Balaban J connectivity index is 2.28. The van der Waals surface area contributed by atoms with E-state index in [4.69, 9.17) is 11.0 Å². The Morgan fingerprint density at radius 2 is 2.24 bits per heavy atom. The lowest BCUT2D eigenvalue weighted by Crippen LogP contribution is -2.47. The van der Waals surface area contributed by atoms with Crippen LogP contribution in [0.5, 0.6) is 0 Å². The summed E-state index contributed by atoms with van der Waals surface area (Å²) in [5, 5.41) is 9.15. The van der Waals surface area contributed by atoms with Crippen molar-refractivity contribution in [3.05, 3.63) is 29.3 Å². The van der Waals surface area contributed by atoms with Crippen LogP contribution in [0.2, 0.25) is 0 Å². The molecule has 1 heterocycles. The molecule has 1 aromatic carbocycles. The van der Waals surface area contributed by atoms with Crippen LogP contribution in [0.25, 0.3) is 0 Å². The van der Waals surface area contributed by atoms with Crippen LogP contribution >= 0.6 is 0 Å². The van der Waals surface area contributed by atoms with Crippen molar-refractivity contribution in [1.29, 1.82) is 5.26 Å². The lowest BCUT2D eigenvalue weighted by molar-refractivity contribution is 0.379. The monoisotopic (exact) mass is 229 g/mol. The van der Waals surface area contributed by atoms with Gasteiger partial charge in [0.05, 0.1) is 11.3 Å². The highest BCUT2D eigenvalue weighted by atomic mass is 15.2. The molecule has 1 aliphatic heterocycles. The Morgan fingerprint density at radius 3 is 2.88 bits per heavy atom. The standard InChI is InChI=1S/C14H19N3/c1-10-3-4-12(8-15)14(7-10)17-6-5-11(2)13(16)9-17/h3-4,7,11,13H,5-6,9,16H2,1-2H3. The van der Waals surface area contributed by atoms with Gasteiger partial charge in [0, 0.05) is 19.1 Å². The molecule has 2 atom stereocenters. The van der Waals surface area contributed by atoms with Gasteiger partial charge in [-0.2, -0.15) is 5.26 Å². The van der Waals surface area contributed by atoms with Gasteiger partial charge in [-0.05, 0) is 37.0 Å². The molecule has 0 aromatic heterocycles. The maximum Gasteiger partial charge on any atom is 0.101 e. The van der Waals surface area contributed by atoms with Crippen molar-refractivity contribution in [2.75, 3.05) is 18.0 Å². The molecule has 17 heavy (non-hydrogen) atoms. The maximum absolute atomic E-state index is 9.15. The summed E-state index contributed by atoms with van der Waals surface area (Å²) >= 11 is 0. The summed E-state index contributed by atoms with van der Waals surface area (Å²) in [6, 6.07) is 8.43. The fourth-order valence-corrected chi connectivity index (χ4v) is 2.32. The molecule has 90 valence electrons. The van der Waals surface area contributed by atoms with E-state index in [9.17, 15) is 0 Å². The van der Waals surface area contributed by atoms with Crippen molar-refractivity contribution in [2.24, 2.45) is 11.7 Å². The molecule has 0 amide bonds. The lowest BCUT2D eigenvalue weighted by atomic mass is 9.93. The molecule has 0 bridgehead atoms. The minimum atomic E-state index is 0.204. The summed E-state index contributed by atoms with van der Waals surface area (Å²) in [7, 11) is 0. The molecule has 0 saturated carbocycles. The molecule has 3 nitrogen and oxygen atoms in total. The minimum absolute atomic E-state index is 0.204. The topological polar surface area (TPSA) is 53.0 Å². The largest absolute Gasteiger partial charge is 0.369 e. The average Bonchev–Trinajstić information content (AvgIpc) is 2.32. The third-order valence-electron chi connectivity index (χ3n) is 3.63. The molecule has 1 fully saturated rings. The van der Waals surface area contributed by atoms with Gasteiger partial charge in [-0.15, -0.1) is 0 Å². The van der Waals surface area contributed by atoms with Crippen molar-refractivity contribution >= 4 is 5.69 Å². The summed E-state index contributed by atoms with van der Waals surface area (Å²) in [4.78, 5) is 2.25. The number of piperidine rings is 1. The Bertz CT molecular complexity index is 447. The lowest BCUT2D eigenvalue weighted by Gasteiger charge is -2.37. The predicted molar refractivity (Wildman–Crippen MR) is 69.9 cm³/mol. The van der Waals surface area contributed by atoms with Crippen LogP contribution in [0.15, 0.2) is 18.2 Å². The number of nitrogens with zero attached hydrogens (tertiary/aromatic N) is 2. The van der Waals surface area contributed by atoms with E-state index in [-0.39, 0.29) is 6.04 Å². The van der Waals surface area contributed by atoms with Crippen LogP contribution in [0.1, 0.15) is 24.5 Å². The maximum atomic E-state index is 9.15. The highest BCUT2D eigenvalue weighted by Crippen LogP contribution is 2.26. The van der Waals surface area contributed by atoms with Gasteiger partial charge in [-0.25, -0.2) is 0 Å². The molecule has 1 aliphatic rings. The zero-order valence-electron chi connectivity index (χ0n) is 10.5. The smallest absolute Gasteiger partial charge is 0.101 e. The SMILES string of the molecule is Cc1ccc(C#N)c(N2CCC(C)C(N)C2)c1. The fraction of sp³-hybridized carbons (Fsp3) is 0.500. The van der Waals surface area contributed by atoms with Gasteiger partial charge >= 0.3 is 0 Å². The summed E-state index contributed by atoms with van der Waals surface area (Å²) < 4.78 is 0. The van der Waals surface area contributed by atoms with Crippen molar-refractivity contribution in [3.63, 3.8) is 0 Å². The molecule has 0 spiro atoms. The number of rotatable bonds is 1. The van der Waals surface area contributed by atoms with Gasteiger partial charge in [-0.1, -0.05) is 13.0 Å². The summed E-state index contributed by atoms with van der Waals surface area (Å²) in [5.74, 6) is 0.571. The minimum Gasteiger partial charge on any atom is -0.369 e. The zero-order chi connectivity index (χ0) is 12.4. The Kier molecular flexibility index (Phi) is 3.35. The second-order valence-corrected chi connectivity index (χ2v) is 5.01. The highest BCUT2D eigenvalue weighted by molar-refractivity contribution is 5.61. The van der Waals surface area contributed by atoms with Gasteiger partial charge < -0.3 is 10.6 Å². The van der Waals surface area contributed by atoms with Crippen LogP contribution in [0, 0.1) is 24.2 Å². The second-order valence-electron chi connectivity index (χ2n) is 5.01. The van der Waals surface area contributed by atoms with Crippen molar-refractivity contribution in [1.82, 2.24) is 0 Å². The van der Waals surface area contributed by atoms with Gasteiger partial charge in [0.2, 0.25) is 0 Å². The Hall–Kier alpha value is -1.53. The van der Waals surface area contributed by atoms with E-state index in [1.54, 1.807) is 0 Å². The van der Waals surface area contributed by atoms with Gasteiger partial charge in [-0.3, -0.25) is 0 Å². The first-order valence-corrected chi connectivity index (χ1v) is 6.13. The highest BCUT2D eigenvalue weighted by Gasteiger charge is 2.24. The number of nitriles is 1. The first kappa shape index (κ1) is 11.9. The molecule has 3 heteroatoms. The van der Waals surface area contributed by atoms with E-state index < -0.39 is 0 Å². The Morgan fingerprint density at radius 1 is 1.47 bits per heavy atom. The van der Waals surface area contributed by atoms with Gasteiger partial charge in [0.1, 0.15) is 6.07 Å². The van der Waals surface area contributed by atoms with Crippen molar-refractivity contribution < 1.29 is 0 Å². The van der Waals surface area contributed by atoms with Crippen LogP contribution in [-0.4, -0.2) is 19.1 Å². The van der Waals surface area contributed by atoms with E-state index in [1.165, 1.54) is 5.56 Å². The second kappa shape index (κ2) is 4.77. The van der Waals surface area contributed by atoms with Crippen LogP contribution < -0.4 is 10.6 Å². The van der Waals surface area contributed by atoms with E-state index in [0.29, 0.717) is 5.92 Å². The zero-order valence-corrected chi connectivity index (χ0v) is 10.5. The number of aryl methyl sites for hydroxylation is 1. The summed E-state index contributed by atoms with van der Waals surface area (Å²) in [6.07, 6.45) is 1.10. The van der Waals surface area contributed by atoms with E-state index in [2.05, 4.69) is 30.9 Å². The third-order valence-corrected chi connectivity index (χ3v) is 3.63. The first-order chi connectivity index (χ1) is 8.11. The number of nitrogens with two attached hydrogens (primary N) is 1. The van der Waals surface area contributed by atoms with Gasteiger partial charge in [0.25, 0.3) is 0 Å². The fourth-order valence-electron chi connectivity index (χ4n) is 2.32. The quantitative estimate of drug-likeness (QED) is 0.801. The average molecular weight is 229 g/mol. The third kappa shape index (κ3) is 2.42. The molecule has 0 radical (unpaired) electrons. The summed E-state index contributed by atoms with van der Waals surface area (Å²) in [5.41, 5.74) is 9.08. The Labute approximate surface area is 103 Å². The molecule has 2 unspecified atom stereocenters. The number of hydrogen-bond donors (Lipinski definition) is 1. The molecular weight excluding hydrogens is 210 g/mol. The van der Waals surface area contributed by atoms with Gasteiger partial charge in [0.15, 0.2) is 0 Å². The van der Waals surface area contributed by atoms with E-state index in [0.717, 1.165) is 30.8 Å². The normalized spacial score (nSPS) is 24.5. The van der Waals surface area contributed by atoms with Crippen LogP contribution in [-0.2, 0) is 0 Å². The predicted octanol–water partition coefficient (Wildman–Crippen LogP) is 2.04.